The second-order valence-corrected chi connectivity index (χ2v) is 6.65. The van der Waals surface area contributed by atoms with Crippen molar-refractivity contribution in [3.63, 3.8) is 0 Å². The zero-order chi connectivity index (χ0) is 14.8. The molecular formula is C16H15ClN2OS. The van der Waals surface area contributed by atoms with E-state index in [1.165, 1.54) is 4.88 Å². The lowest BCUT2D eigenvalue weighted by molar-refractivity contribution is 0.905. The van der Waals surface area contributed by atoms with E-state index in [4.69, 9.17) is 11.6 Å². The normalized spacial score (nSPS) is 11.0. The Bertz CT molecular complexity index is 838. The third-order valence-electron chi connectivity index (χ3n) is 3.47. The molecule has 0 aliphatic rings. The van der Waals surface area contributed by atoms with E-state index in [0.29, 0.717) is 0 Å². The van der Waals surface area contributed by atoms with Crippen molar-refractivity contribution in [3.8, 4) is 0 Å². The minimum atomic E-state index is -0.00429. The van der Waals surface area contributed by atoms with Crippen LogP contribution < -0.4 is 10.9 Å². The molecule has 0 amide bonds. The highest BCUT2D eigenvalue weighted by atomic mass is 35.5. The van der Waals surface area contributed by atoms with E-state index in [2.05, 4.69) is 5.32 Å². The van der Waals surface area contributed by atoms with Crippen LogP contribution in [0.25, 0.3) is 10.9 Å². The Balaban J connectivity index is 1.84. The van der Waals surface area contributed by atoms with Crippen molar-refractivity contribution in [2.75, 3.05) is 11.9 Å². The van der Waals surface area contributed by atoms with E-state index in [1.807, 2.05) is 36.4 Å². The van der Waals surface area contributed by atoms with Gasteiger partial charge in [0.15, 0.2) is 0 Å². The van der Waals surface area contributed by atoms with Gasteiger partial charge in [0.05, 0.1) is 9.85 Å². The monoisotopic (exact) mass is 318 g/mol. The second-order valence-electron chi connectivity index (χ2n) is 4.86. The number of para-hydroxylation sites is 1. The van der Waals surface area contributed by atoms with Gasteiger partial charge in [-0.25, -0.2) is 0 Å². The fourth-order valence-corrected chi connectivity index (χ4v) is 3.45. The zero-order valence-electron chi connectivity index (χ0n) is 11.6. The standard InChI is InChI=1S/C16H15ClN2OS/c1-19-14-5-3-2-4-12(14)13(10-16(19)20)18-9-8-11-6-7-15(17)21-11/h2-7,10,18H,8-9H2,1H3. The van der Waals surface area contributed by atoms with Crippen LogP contribution in [0.5, 0.6) is 0 Å². The van der Waals surface area contributed by atoms with E-state index in [1.54, 1.807) is 29.0 Å². The molecule has 1 N–H and O–H groups in total. The SMILES string of the molecule is Cn1c(=O)cc(NCCc2ccc(Cl)s2)c2ccccc21. The molecule has 0 unspecified atom stereocenters. The lowest BCUT2D eigenvalue weighted by Crippen LogP contribution is -2.18. The lowest BCUT2D eigenvalue weighted by Gasteiger charge is -2.11. The van der Waals surface area contributed by atoms with Crippen molar-refractivity contribution in [1.29, 1.82) is 0 Å². The van der Waals surface area contributed by atoms with Gasteiger partial charge in [-0.1, -0.05) is 29.8 Å². The van der Waals surface area contributed by atoms with Gasteiger partial charge in [0, 0.05) is 35.6 Å². The van der Waals surface area contributed by atoms with Gasteiger partial charge in [-0.3, -0.25) is 4.79 Å². The number of rotatable bonds is 4. The van der Waals surface area contributed by atoms with E-state index < -0.39 is 0 Å². The van der Waals surface area contributed by atoms with Gasteiger partial charge in [0.2, 0.25) is 0 Å². The third kappa shape index (κ3) is 2.96. The molecule has 0 aliphatic heterocycles. The first-order chi connectivity index (χ1) is 10.1. The Labute approximate surface area is 131 Å². The summed E-state index contributed by atoms with van der Waals surface area (Å²) in [6.07, 6.45) is 0.890. The first-order valence-corrected chi connectivity index (χ1v) is 7.91. The van der Waals surface area contributed by atoms with Gasteiger partial charge in [0.1, 0.15) is 0 Å². The number of hydrogen-bond acceptors (Lipinski definition) is 3. The smallest absolute Gasteiger partial charge is 0.252 e. The van der Waals surface area contributed by atoms with Crippen molar-refractivity contribution in [3.05, 3.63) is 62.0 Å². The van der Waals surface area contributed by atoms with Crippen molar-refractivity contribution in [1.82, 2.24) is 4.57 Å². The number of anilines is 1. The largest absolute Gasteiger partial charge is 0.384 e. The quantitative estimate of drug-likeness (QED) is 0.791. The lowest BCUT2D eigenvalue weighted by atomic mass is 10.1. The van der Waals surface area contributed by atoms with Crippen molar-refractivity contribution in [2.45, 2.75) is 6.42 Å². The summed E-state index contributed by atoms with van der Waals surface area (Å²) in [5.41, 5.74) is 1.82. The summed E-state index contributed by atoms with van der Waals surface area (Å²) in [6, 6.07) is 13.5. The molecule has 0 spiro atoms. The minimum absolute atomic E-state index is 0.00429. The first kappa shape index (κ1) is 14.2. The maximum atomic E-state index is 12.0. The number of halogens is 1. The molecule has 2 aromatic heterocycles. The molecular weight excluding hydrogens is 304 g/mol. The molecule has 3 nitrogen and oxygen atoms in total. The first-order valence-electron chi connectivity index (χ1n) is 6.72. The molecule has 0 atom stereocenters. The molecule has 0 bridgehead atoms. The highest BCUT2D eigenvalue weighted by Gasteiger charge is 2.06. The van der Waals surface area contributed by atoms with Gasteiger partial charge in [-0.05, 0) is 24.6 Å². The number of nitrogens with one attached hydrogen (secondary N) is 1. The van der Waals surface area contributed by atoms with Crippen LogP contribution in [-0.4, -0.2) is 11.1 Å². The van der Waals surface area contributed by atoms with E-state index in [-0.39, 0.29) is 5.56 Å². The van der Waals surface area contributed by atoms with E-state index in [9.17, 15) is 4.79 Å². The Hall–Kier alpha value is -1.78. The number of nitrogens with zero attached hydrogens (tertiary/aromatic N) is 1. The van der Waals surface area contributed by atoms with Crippen LogP contribution in [0.3, 0.4) is 0 Å². The molecule has 5 heteroatoms. The molecule has 0 saturated carbocycles. The van der Waals surface area contributed by atoms with E-state index >= 15 is 0 Å². The average Bonchev–Trinajstić information content (AvgIpc) is 2.90. The van der Waals surface area contributed by atoms with Gasteiger partial charge in [-0.15, -0.1) is 11.3 Å². The molecule has 2 heterocycles. The summed E-state index contributed by atoms with van der Waals surface area (Å²) in [5.74, 6) is 0. The van der Waals surface area contributed by atoms with Gasteiger partial charge in [0.25, 0.3) is 5.56 Å². The predicted octanol–water partition coefficient (Wildman–Crippen LogP) is 3.91. The number of aromatic nitrogens is 1. The zero-order valence-corrected chi connectivity index (χ0v) is 13.2. The van der Waals surface area contributed by atoms with Crippen LogP contribution >= 0.6 is 22.9 Å². The van der Waals surface area contributed by atoms with Crippen molar-refractivity contribution < 1.29 is 0 Å². The summed E-state index contributed by atoms with van der Waals surface area (Å²) in [7, 11) is 1.79. The highest BCUT2D eigenvalue weighted by Crippen LogP contribution is 2.23. The Morgan fingerprint density at radius 1 is 1.24 bits per heavy atom. The fourth-order valence-electron chi connectivity index (χ4n) is 2.36. The number of hydrogen-bond donors (Lipinski definition) is 1. The molecule has 108 valence electrons. The van der Waals surface area contributed by atoms with Crippen molar-refractivity contribution in [2.24, 2.45) is 7.05 Å². The number of pyridine rings is 1. The number of fused-ring (bicyclic) bond motifs is 1. The van der Waals surface area contributed by atoms with E-state index in [0.717, 1.165) is 33.9 Å². The van der Waals surface area contributed by atoms with Gasteiger partial charge in [-0.2, -0.15) is 0 Å². The van der Waals surface area contributed by atoms with Gasteiger partial charge < -0.3 is 9.88 Å². The van der Waals surface area contributed by atoms with Gasteiger partial charge >= 0.3 is 0 Å². The predicted molar refractivity (Wildman–Crippen MR) is 90.7 cm³/mol. The summed E-state index contributed by atoms with van der Waals surface area (Å²) < 4.78 is 2.48. The van der Waals surface area contributed by atoms with Crippen molar-refractivity contribution >= 4 is 39.5 Å². The Kier molecular flexibility index (Phi) is 3.99. The third-order valence-corrected chi connectivity index (χ3v) is 4.76. The van der Waals surface area contributed by atoms with Crippen LogP contribution in [0.15, 0.2) is 47.3 Å². The number of aryl methyl sites for hydroxylation is 1. The second kappa shape index (κ2) is 5.92. The van der Waals surface area contributed by atoms with Crippen LogP contribution in [0, 0.1) is 0 Å². The van der Waals surface area contributed by atoms with Crippen LogP contribution in [0.4, 0.5) is 5.69 Å². The molecule has 3 rings (SSSR count). The fraction of sp³-hybridized carbons (Fsp3) is 0.188. The summed E-state index contributed by atoms with van der Waals surface area (Å²) in [5, 5.41) is 4.42. The molecule has 21 heavy (non-hydrogen) atoms. The topological polar surface area (TPSA) is 34.0 Å². The Morgan fingerprint density at radius 3 is 2.81 bits per heavy atom. The van der Waals surface area contributed by atoms with Crippen LogP contribution in [-0.2, 0) is 13.5 Å². The average molecular weight is 319 g/mol. The molecule has 0 aliphatic carbocycles. The molecule has 0 radical (unpaired) electrons. The molecule has 1 aromatic carbocycles. The maximum absolute atomic E-state index is 12.0. The van der Waals surface area contributed by atoms with Crippen LogP contribution in [0.2, 0.25) is 4.34 Å². The molecule has 0 fully saturated rings. The number of benzene rings is 1. The highest BCUT2D eigenvalue weighted by molar-refractivity contribution is 7.16. The summed E-state index contributed by atoms with van der Waals surface area (Å²) in [4.78, 5) is 13.2. The summed E-state index contributed by atoms with van der Waals surface area (Å²) >= 11 is 7.52. The number of thiophene rings is 1. The minimum Gasteiger partial charge on any atom is -0.384 e. The molecule has 3 aromatic rings. The maximum Gasteiger partial charge on any atom is 0.252 e. The van der Waals surface area contributed by atoms with Crippen LogP contribution in [0.1, 0.15) is 4.88 Å². The molecule has 0 saturated heterocycles. The Morgan fingerprint density at radius 2 is 2.05 bits per heavy atom. The summed E-state index contributed by atoms with van der Waals surface area (Å²) in [6.45, 7) is 0.772.